The van der Waals surface area contributed by atoms with Crippen LogP contribution in [0.15, 0.2) is 48.5 Å². The molecule has 0 radical (unpaired) electrons. The molecule has 2 heterocycles. The molecule has 0 saturated carbocycles. The number of ether oxygens (including phenoxy) is 1. The first kappa shape index (κ1) is 20.6. The van der Waals surface area contributed by atoms with E-state index in [0.717, 1.165) is 5.01 Å². The molecular formula is C22H21ClFN3O2S. The number of hydrogen-bond acceptors (Lipinski definition) is 5. The van der Waals surface area contributed by atoms with Gasteiger partial charge in [0.1, 0.15) is 28.1 Å². The van der Waals surface area contributed by atoms with E-state index < -0.39 is 0 Å². The maximum atomic E-state index is 14.0. The Morgan fingerprint density at radius 2 is 1.83 bits per heavy atom. The van der Waals surface area contributed by atoms with E-state index in [1.807, 2.05) is 22.8 Å². The van der Waals surface area contributed by atoms with Crippen molar-refractivity contribution in [2.45, 2.75) is 13.5 Å². The molecule has 8 heteroatoms. The van der Waals surface area contributed by atoms with Crippen molar-refractivity contribution in [3.05, 3.63) is 74.9 Å². The van der Waals surface area contributed by atoms with Crippen LogP contribution in [0.5, 0.6) is 5.75 Å². The number of benzene rings is 2. The third-order valence-corrected chi connectivity index (χ3v) is 6.34. The third-order valence-electron chi connectivity index (χ3n) is 4.97. The molecule has 0 aliphatic carbocycles. The number of halogens is 2. The third kappa shape index (κ3) is 4.57. The predicted molar refractivity (Wildman–Crippen MR) is 117 cm³/mol. The molecule has 156 valence electrons. The van der Waals surface area contributed by atoms with Crippen molar-refractivity contribution < 1.29 is 13.9 Å². The standard InChI is InChI=1S/C22H21ClFN3O2S/c1-15-21(30-20(25-15)14-29-17-8-6-16(23)7-9-17)22(28)27-12-10-26(11-13-27)19-5-3-2-4-18(19)24/h2-9H,10-14H2,1H3. The number of aryl methyl sites for hydroxylation is 1. The van der Waals surface area contributed by atoms with Crippen LogP contribution in [0.3, 0.4) is 0 Å². The number of carbonyl (C=O) groups is 1. The van der Waals surface area contributed by atoms with Crippen molar-refractivity contribution in [3.63, 3.8) is 0 Å². The van der Waals surface area contributed by atoms with Gasteiger partial charge in [-0.25, -0.2) is 9.37 Å². The zero-order valence-electron chi connectivity index (χ0n) is 16.5. The summed E-state index contributed by atoms with van der Waals surface area (Å²) in [5, 5.41) is 1.39. The minimum absolute atomic E-state index is 0.0315. The summed E-state index contributed by atoms with van der Waals surface area (Å²) in [5.41, 5.74) is 1.29. The smallest absolute Gasteiger partial charge is 0.265 e. The van der Waals surface area contributed by atoms with Crippen LogP contribution in [0.25, 0.3) is 0 Å². The predicted octanol–water partition coefficient (Wildman–Crippen LogP) is 4.79. The summed E-state index contributed by atoms with van der Waals surface area (Å²) in [5.74, 6) is 0.432. The topological polar surface area (TPSA) is 45.7 Å². The lowest BCUT2D eigenvalue weighted by Gasteiger charge is -2.36. The zero-order chi connectivity index (χ0) is 21.1. The highest BCUT2D eigenvalue weighted by atomic mass is 35.5. The largest absolute Gasteiger partial charge is 0.486 e. The van der Waals surface area contributed by atoms with E-state index in [4.69, 9.17) is 16.3 Å². The first-order valence-corrected chi connectivity index (χ1v) is 10.8. The highest BCUT2D eigenvalue weighted by Gasteiger charge is 2.26. The molecular weight excluding hydrogens is 425 g/mol. The lowest BCUT2D eigenvalue weighted by atomic mass is 10.2. The second-order valence-electron chi connectivity index (χ2n) is 7.00. The van der Waals surface area contributed by atoms with Gasteiger partial charge in [-0.05, 0) is 43.3 Å². The Kier molecular flexibility index (Phi) is 6.20. The van der Waals surface area contributed by atoms with Crippen LogP contribution in [0, 0.1) is 12.7 Å². The van der Waals surface area contributed by atoms with Crippen LogP contribution in [0.2, 0.25) is 5.02 Å². The molecule has 1 saturated heterocycles. The first-order chi connectivity index (χ1) is 14.5. The Balaban J connectivity index is 1.37. The number of hydrogen-bond donors (Lipinski definition) is 0. The van der Waals surface area contributed by atoms with Crippen LogP contribution < -0.4 is 9.64 Å². The fourth-order valence-corrected chi connectivity index (χ4v) is 4.46. The molecule has 3 aromatic rings. The van der Waals surface area contributed by atoms with Crippen molar-refractivity contribution in [3.8, 4) is 5.75 Å². The van der Waals surface area contributed by atoms with E-state index in [2.05, 4.69) is 4.98 Å². The number of piperazine rings is 1. The van der Waals surface area contributed by atoms with Gasteiger partial charge in [-0.15, -0.1) is 11.3 Å². The summed E-state index contributed by atoms with van der Waals surface area (Å²) in [6, 6.07) is 13.9. The molecule has 0 N–H and O–H groups in total. The molecule has 30 heavy (non-hydrogen) atoms. The number of carbonyl (C=O) groups excluding carboxylic acids is 1. The highest BCUT2D eigenvalue weighted by molar-refractivity contribution is 7.13. The summed E-state index contributed by atoms with van der Waals surface area (Å²) in [6.45, 7) is 4.41. The molecule has 4 rings (SSSR count). The van der Waals surface area contributed by atoms with E-state index in [9.17, 15) is 9.18 Å². The van der Waals surface area contributed by atoms with Gasteiger partial charge < -0.3 is 14.5 Å². The Bertz CT molecular complexity index is 1030. The van der Waals surface area contributed by atoms with Gasteiger partial charge in [-0.2, -0.15) is 0 Å². The number of amides is 1. The zero-order valence-corrected chi connectivity index (χ0v) is 18.0. The molecule has 2 aromatic carbocycles. The van der Waals surface area contributed by atoms with E-state index in [1.165, 1.54) is 17.4 Å². The molecule has 1 aromatic heterocycles. The summed E-state index contributed by atoms with van der Waals surface area (Å²) in [6.07, 6.45) is 0. The van der Waals surface area contributed by atoms with Crippen LogP contribution >= 0.6 is 22.9 Å². The quantitative estimate of drug-likeness (QED) is 0.566. The van der Waals surface area contributed by atoms with Gasteiger partial charge in [0.25, 0.3) is 5.91 Å². The van der Waals surface area contributed by atoms with Gasteiger partial charge in [0.2, 0.25) is 0 Å². The van der Waals surface area contributed by atoms with Gasteiger partial charge in [0, 0.05) is 31.2 Å². The first-order valence-electron chi connectivity index (χ1n) is 9.64. The molecule has 0 bridgehead atoms. The fourth-order valence-electron chi connectivity index (χ4n) is 3.39. The lowest BCUT2D eigenvalue weighted by molar-refractivity contribution is 0.0750. The van der Waals surface area contributed by atoms with Crippen LogP contribution in [0.1, 0.15) is 20.4 Å². The molecule has 5 nitrogen and oxygen atoms in total. The van der Waals surface area contributed by atoms with E-state index in [-0.39, 0.29) is 11.7 Å². The fraction of sp³-hybridized carbons (Fsp3) is 0.273. The number of anilines is 1. The summed E-state index contributed by atoms with van der Waals surface area (Å²) in [4.78, 5) is 21.9. The molecule has 1 amide bonds. The summed E-state index contributed by atoms with van der Waals surface area (Å²) >= 11 is 7.24. The van der Waals surface area contributed by atoms with Crippen molar-refractivity contribution in [2.24, 2.45) is 0 Å². The van der Waals surface area contributed by atoms with Crippen LogP contribution in [-0.4, -0.2) is 42.0 Å². The minimum Gasteiger partial charge on any atom is -0.486 e. The van der Waals surface area contributed by atoms with Gasteiger partial charge in [0.05, 0.1) is 11.4 Å². The van der Waals surface area contributed by atoms with Gasteiger partial charge in [-0.1, -0.05) is 23.7 Å². The summed E-state index contributed by atoms with van der Waals surface area (Å²) < 4.78 is 19.8. The second kappa shape index (κ2) is 9.02. The van der Waals surface area contributed by atoms with Gasteiger partial charge in [0.15, 0.2) is 0 Å². The number of thiazole rings is 1. The van der Waals surface area contributed by atoms with Crippen LogP contribution in [0.4, 0.5) is 10.1 Å². The maximum Gasteiger partial charge on any atom is 0.265 e. The molecule has 0 unspecified atom stereocenters. The average molecular weight is 446 g/mol. The Labute approximate surface area is 183 Å². The highest BCUT2D eigenvalue weighted by Crippen LogP contribution is 2.25. The SMILES string of the molecule is Cc1nc(COc2ccc(Cl)cc2)sc1C(=O)N1CCN(c2ccccc2F)CC1. The number of rotatable bonds is 5. The van der Waals surface area contributed by atoms with Crippen molar-refractivity contribution in [2.75, 3.05) is 31.1 Å². The van der Waals surface area contributed by atoms with Gasteiger partial charge >= 0.3 is 0 Å². The minimum atomic E-state index is -0.235. The Morgan fingerprint density at radius 3 is 2.53 bits per heavy atom. The normalized spacial score (nSPS) is 14.1. The van der Waals surface area contributed by atoms with E-state index >= 15 is 0 Å². The Hall–Kier alpha value is -2.64. The van der Waals surface area contributed by atoms with Gasteiger partial charge in [-0.3, -0.25) is 4.79 Å². The molecule has 1 aliphatic rings. The van der Waals surface area contributed by atoms with Crippen molar-refractivity contribution >= 4 is 34.5 Å². The molecule has 1 fully saturated rings. The average Bonchev–Trinajstić information content (AvgIpc) is 3.14. The number of aromatic nitrogens is 1. The van der Waals surface area contributed by atoms with E-state index in [1.54, 1.807) is 36.4 Å². The van der Waals surface area contributed by atoms with Crippen molar-refractivity contribution in [1.82, 2.24) is 9.88 Å². The Morgan fingerprint density at radius 1 is 1.13 bits per heavy atom. The number of para-hydroxylation sites is 1. The van der Waals surface area contributed by atoms with E-state index in [0.29, 0.717) is 59.8 Å². The second-order valence-corrected chi connectivity index (χ2v) is 8.52. The molecule has 0 spiro atoms. The molecule has 0 atom stereocenters. The number of nitrogens with zero attached hydrogens (tertiary/aromatic N) is 3. The van der Waals surface area contributed by atoms with Crippen LogP contribution in [-0.2, 0) is 6.61 Å². The lowest BCUT2D eigenvalue weighted by Crippen LogP contribution is -2.49. The summed E-state index contributed by atoms with van der Waals surface area (Å²) in [7, 11) is 0. The molecule has 1 aliphatic heterocycles. The monoisotopic (exact) mass is 445 g/mol. The van der Waals surface area contributed by atoms with Crippen molar-refractivity contribution in [1.29, 1.82) is 0 Å². The maximum absolute atomic E-state index is 14.0.